The van der Waals surface area contributed by atoms with Gasteiger partial charge < -0.3 is 14.6 Å². The van der Waals surface area contributed by atoms with Crippen molar-refractivity contribution >= 4 is 55.7 Å². The Morgan fingerprint density at radius 2 is 2.08 bits per heavy atom. The number of aliphatic hydroxyl groups is 1. The number of ether oxygens (including phenoxy) is 2. The maximum atomic E-state index is 10.2. The Bertz CT molecular complexity index is 879. The van der Waals surface area contributed by atoms with Crippen molar-refractivity contribution in [3.05, 3.63) is 47.6 Å². The first-order valence-electron chi connectivity index (χ1n) is 7.67. The summed E-state index contributed by atoms with van der Waals surface area (Å²) in [6.07, 6.45) is 0.108. The van der Waals surface area contributed by atoms with Crippen LogP contribution in [0.15, 0.2) is 42.0 Å². The number of rotatable bonds is 4. The average molecular weight is 489 g/mol. The van der Waals surface area contributed by atoms with Gasteiger partial charge in [0.25, 0.3) is 0 Å². The van der Waals surface area contributed by atoms with E-state index >= 15 is 0 Å². The normalized spacial score (nSPS) is 26.2. The first-order valence-corrected chi connectivity index (χ1v) is 10.5. The lowest BCUT2D eigenvalue weighted by molar-refractivity contribution is 0.0270. The number of benzene rings is 1. The molecular weight excluding hydrogens is 475 g/mol. The van der Waals surface area contributed by atoms with Crippen molar-refractivity contribution in [1.29, 1.82) is 0 Å². The molecule has 3 aromatic rings. The van der Waals surface area contributed by atoms with E-state index in [4.69, 9.17) is 21.1 Å². The lowest BCUT2D eigenvalue weighted by Gasteiger charge is -2.13. The minimum absolute atomic E-state index is 0.273. The predicted molar refractivity (Wildman–Crippen MR) is 106 cm³/mol. The Morgan fingerprint density at radius 3 is 2.80 bits per heavy atom. The topological polar surface area (TPSA) is 64.5 Å². The third-order valence-corrected chi connectivity index (χ3v) is 6.41. The third kappa shape index (κ3) is 3.23. The number of nitrogens with zero attached hydrogens (tertiary/aromatic N) is 2. The summed E-state index contributed by atoms with van der Waals surface area (Å²) in [5.41, 5.74) is 1.62. The maximum absolute atomic E-state index is 10.2. The largest absolute Gasteiger partial charge is 0.437 e. The molecule has 8 heteroatoms. The molecule has 25 heavy (non-hydrogen) atoms. The Balaban J connectivity index is 1.70. The fraction of sp³-hybridized carbons (Fsp3) is 0.294. The van der Waals surface area contributed by atoms with Crippen LogP contribution in [0.3, 0.4) is 0 Å². The van der Waals surface area contributed by atoms with Crippen LogP contribution < -0.4 is 4.74 Å². The molecule has 1 aliphatic rings. The van der Waals surface area contributed by atoms with Crippen LogP contribution in [0.4, 0.5) is 0 Å². The molecule has 0 radical (unpaired) electrons. The summed E-state index contributed by atoms with van der Waals surface area (Å²) in [4.78, 5) is 8.66. The van der Waals surface area contributed by atoms with Gasteiger partial charge in [-0.1, -0.05) is 40.8 Å². The summed E-state index contributed by atoms with van der Waals surface area (Å²) in [6.45, 7) is 0. The molecule has 1 saturated heterocycles. The van der Waals surface area contributed by atoms with Crippen LogP contribution in [-0.2, 0) is 4.74 Å². The van der Waals surface area contributed by atoms with E-state index in [2.05, 4.69) is 32.6 Å². The highest BCUT2D eigenvalue weighted by molar-refractivity contribution is 14.1. The predicted octanol–water partition coefficient (Wildman–Crippen LogP) is 4.33. The Morgan fingerprint density at radius 1 is 1.28 bits per heavy atom. The van der Waals surface area contributed by atoms with Gasteiger partial charge in [0.2, 0.25) is 5.88 Å². The number of fused-ring (bicyclic) bond motifs is 1. The lowest BCUT2D eigenvalue weighted by Crippen LogP contribution is -2.27. The highest BCUT2D eigenvalue weighted by Gasteiger charge is 2.43. The molecule has 4 atom stereocenters. The summed E-state index contributed by atoms with van der Waals surface area (Å²) in [5.74, 6) is 1.22. The molecule has 0 bridgehead atoms. The fourth-order valence-electron chi connectivity index (χ4n) is 2.82. The zero-order chi connectivity index (χ0) is 17.4. The lowest BCUT2D eigenvalue weighted by atomic mass is 10.1. The molecule has 0 amide bonds. The van der Waals surface area contributed by atoms with Gasteiger partial charge in [-0.2, -0.15) is 0 Å². The number of aromatic nitrogens is 2. The molecular formula is C17H14ClIN2O3S. The Hall–Kier alpha value is -1.00. The maximum Gasteiger partial charge on any atom is 0.240 e. The number of hydrogen-bond acceptors (Lipinski definition) is 6. The van der Waals surface area contributed by atoms with Gasteiger partial charge in [0, 0.05) is 9.99 Å². The molecule has 1 aromatic carbocycles. The molecule has 130 valence electrons. The van der Waals surface area contributed by atoms with Gasteiger partial charge in [-0.05, 0) is 17.5 Å². The summed E-state index contributed by atoms with van der Waals surface area (Å²) < 4.78 is 13.4. The highest BCUT2D eigenvalue weighted by atomic mass is 127. The molecule has 2 aromatic heterocycles. The van der Waals surface area contributed by atoms with Crippen LogP contribution in [0.2, 0.25) is 0 Å². The van der Waals surface area contributed by atoms with Crippen LogP contribution in [-0.4, -0.2) is 37.1 Å². The van der Waals surface area contributed by atoms with Crippen molar-refractivity contribution in [2.45, 2.75) is 23.7 Å². The van der Waals surface area contributed by atoms with Crippen LogP contribution in [0.5, 0.6) is 11.6 Å². The van der Waals surface area contributed by atoms with Gasteiger partial charge in [0.1, 0.15) is 29.0 Å². The second kappa shape index (κ2) is 7.32. The van der Waals surface area contributed by atoms with Crippen molar-refractivity contribution in [2.24, 2.45) is 0 Å². The number of para-hydroxylation sites is 1. The molecule has 0 unspecified atom stereocenters. The molecule has 4 rings (SSSR count). The van der Waals surface area contributed by atoms with E-state index in [1.54, 1.807) is 0 Å². The first-order chi connectivity index (χ1) is 12.2. The average Bonchev–Trinajstić information content (AvgIpc) is 3.18. The summed E-state index contributed by atoms with van der Waals surface area (Å²) >= 11 is 10.1. The van der Waals surface area contributed by atoms with Gasteiger partial charge in [-0.15, -0.1) is 22.9 Å². The van der Waals surface area contributed by atoms with Crippen LogP contribution >= 0.6 is 45.5 Å². The summed E-state index contributed by atoms with van der Waals surface area (Å²) in [7, 11) is 0. The van der Waals surface area contributed by atoms with E-state index in [0.29, 0.717) is 16.1 Å². The Kier molecular flexibility index (Phi) is 5.10. The highest BCUT2D eigenvalue weighted by Crippen LogP contribution is 2.43. The number of hydrogen-bond donors (Lipinski definition) is 1. The molecule has 0 spiro atoms. The zero-order valence-corrected chi connectivity index (χ0v) is 16.6. The van der Waals surface area contributed by atoms with E-state index in [-0.39, 0.29) is 6.10 Å². The van der Waals surface area contributed by atoms with Crippen LogP contribution in [0.25, 0.3) is 10.2 Å². The molecule has 5 nitrogen and oxygen atoms in total. The number of thiophene rings is 1. The van der Waals surface area contributed by atoms with E-state index in [0.717, 1.165) is 15.8 Å². The minimum atomic E-state index is -0.694. The van der Waals surface area contributed by atoms with Crippen molar-refractivity contribution in [1.82, 2.24) is 9.97 Å². The van der Waals surface area contributed by atoms with E-state index in [9.17, 15) is 5.11 Å². The van der Waals surface area contributed by atoms with E-state index < -0.39 is 17.6 Å². The summed E-state index contributed by atoms with van der Waals surface area (Å²) in [5, 5.41) is 11.7. The SMILES string of the molecule is O[C@H]1[C@@H](Cl)[C@H](c2csc3c(Oc4ccccc4)ncnc23)O[C@@H]1CI. The van der Waals surface area contributed by atoms with Crippen molar-refractivity contribution in [3.8, 4) is 11.6 Å². The zero-order valence-electron chi connectivity index (χ0n) is 12.9. The van der Waals surface area contributed by atoms with Gasteiger partial charge in [-0.25, -0.2) is 9.97 Å². The van der Waals surface area contributed by atoms with Crippen LogP contribution in [0.1, 0.15) is 11.7 Å². The number of aliphatic hydroxyl groups excluding tert-OH is 1. The molecule has 0 saturated carbocycles. The molecule has 3 heterocycles. The second-order valence-electron chi connectivity index (χ2n) is 5.65. The molecule has 1 N–H and O–H groups in total. The quantitative estimate of drug-likeness (QED) is 0.438. The fourth-order valence-corrected chi connectivity index (χ4v) is 4.88. The minimum Gasteiger partial charge on any atom is -0.437 e. The monoisotopic (exact) mass is 488 g/mol. The van der Waals surface area contributed by atoms with Gasteiger partial charge in [0.05, 0.1) is 17.0 Å². The smallest absolute Gasteiger partial charge is 0.240 e. The second-order valence-corrected chi connectivity index (χ2v) is 7.91. The van der Waals surface area contributed by atoms with E-state index in [1.807, 2.05) is 35.7 Å². The number of halogens is 2. The van der Waals surface area contributed by atoms with Crippen molar-refractivity contribution in [2.75, 3.05) is 4.43 Å². The van der Waals surface area contributed by atoms with Crippen molar-refractivity contribution < 1.29 is 14.6 Å². The standard InChI is InChI=1S/C17H14ClIN2O3S/c18-12-14(22)11(6-19)24-15(12)10-7-25-16-13(10)20-8-21-17(16)23-9-4-2-1-3-5-9/h1-5,7-8,11-12,14-15,22H,6H2/t11-,12-,14-,15+/m1/s1. The third-order valence-electron chi connectivity index (χ3n) is 4.08. The van der Waals surface area contributed by atoms with Crippen LogP contribution in [0, 0.1) is 0 Å². The van der Waals surface area contributed by atoms with Gasteiger partial charge >= 0.3 is 0 Å². The van der Waals surface area contributed by atoms with Gasteiger partial charge in [0.15, 0.2) is 0 Å². The molecule has 1 aliphatic heterocycles. The number of alkyl halides is 2. The Labute approximate surface area is 167 Å². The summed E-state index contributed by atoms with van der Waals surface area (Å²) in [6, 6.07) is 9.49. The molecule has 0 aliphatic carbocycles. The molecule has 1 fully saturated rings. The van der Waals surface area contributed by atoms with Gasteiger partial charge in [-0.3, -0.25) is 0 Å². The van der Waals surface area contributed by atoms with Crippen molar-refractivity contribution in [3.63, 3.8) is 0 Å². The van der Waals surface area contributed by atoms with E-state index in [1.165, 1.54) is 17.7 Å². The first kappa shape index (κ1) is 17.4.